The molecule has 1 aromatic carbocycles. The van der Waals surface area contributed by atoms with Crippen LogP contribution in [-0.2, 0) is 17.4 Å². The predicted octanol–water partition coefficient (Wildman–Crippen LogP) is 3.87. The summed E-state index contributed by atoms with van der Waals surface area (Å²) >= 11 is 0. The number of hydrogen-bond acceptors (Lipinski definition) is 2. The van der Waals surface area contributed by atoms with Crippen molar-refractivity contribution in [1.82, 2.24) is 15.5 Å². The minimum atomic E-state index is -4.35. The molecule has 0 aromatic heterocycles. The molecule has 0 bridgehead atoms. The average molecular weight is 411 g/mol. The molecule has 1 atom stereocenters. The summed E-state index contributed by atoms with van der Waals surface area (Å²) in [5, 5.41) is 5.88. The van der Waals surface area contributed by atoms with Crippen LogP contribution in [0.5, 0.6) is 0 Å². The van der Waals surface area contributed by atoms with Gasteiger partial charge in [-0.25, -0.2) is 4.79 Å². The monoisotopic (exact) mass is 411 g/mol. The standard InChI is InChI=1S/C21H28F3N3O2/c22-21(23,24)16-10-8-15(9-11-16)12-13-25-19(28)18-7-4-14-27(18)20(29)26-17-5-2-1-3-6-17/h8-11,17-18H,1-7,12-14H2,(H,25,28)(H,26,29). The molecule has 3 amide bonds. The van der Waals surface area contributed by atoms with Crippen molar-refractivity contribution in [1.29, 1.82) is 0 Å². The first-order valence-electron chi connectivity index (χ1n) is 10.4. The van der Waals surface area contributed by atoms with Crippen LogP contribution in [0.4, 0.5) is 18.0 Å². The maximum absolute atomic E-state index is 12.6. The second-order valence-electron chi connectivity index (χ2n) is 7.87. The lowest BCUT2D eigenvalue weighted by atomic mass is 9.96. The normalized spacial score (nSPS) is 20.5. The molecule has 1 aliphatic carbocycles. The summed E-state index contributed by atoms with van der Waals surface area (Å²) in [6.07, 6.45) is 2.94. The molecular formula is C21H28F3N3O2. The number of carbonyl (C=O) groups is 2. The van der Waals surface area contributed by atoms with Crippen LogP contribution in [0.2, 0.25) is 0 Å². The highest BCUT2D eigenvalue weighted by Gasteiger charge is 2.35. The molecule has 8 heteroatoms. The van der Waals surface area contributed by atoms with E-state index < -0.39 is 17.8 Å². The molecule has 29 heavy (non-hydrogen) atoms. The predicted molar refractivity (Wildman–Crippen MR) is 103 cm³/mol. The molecule has 0 spiro atoms. The van der Waals surface area contributed by atoms with Gasteiger partial charge in [-0.15, -0.1) is 0 Å². The maximum Gasteiger partial charge on any atom is 0.416 e. The minimum Gasteiger partial charge on any atom is -0.354 e. The van der Waals surface area contributed by atoms with Gasteiger partial charge >= 0.3 is 12.2 Å². The van der Waals surface area contributed by atoms with Gasteiger partial charge in [-0.1, -0.05) is 31.4 Å². The van der Waals surface area contributed by atoms with Gasteiger partial charge in [0.15, 0.2) is 0 Å². The van der Waals surface area contributed by atoms with E-state index in [9.17, 15) is 22.8 Å². The minimum absolute atomic E-state index is 0.169. The number of nitrogens with zero attached hydrogens (tertiary/aromatic N) is 1. The molecular weight excluding hydrogens is 383 g/mol. The quantitative estimate of drug-likeness (QED) is 0.773. The summed E-state index contributed by atoms with van der Waals surface area (Å²) in [4.78, 5) is 26.7. The fraction of sp³-hybridized carbons (Fsp3) is 0.619. The lowest BCUT2D eigenvalue weighted by molar-refractivity contribution is -0.137. The highest BCUT2D eigenvalue weighted by atomic mass is 19.4. The lowest BCUT2D eigenvalue weighted by Gasteiger charge is -2.29. The van der Waals surface area contributed by atoms with Crippen molar-refractivity contribution >= 4 is 11.9 Å². The van der Waals surface area contributed by atoms with E-state index >= 15 is 0 Å². The van der Waals surface area contributed by atoms with E-state index in [4.69, 9.17) is 0 Å². The highest BCUT2D eigenvalue weighted by molar-refractivity contribution is 5.87. The summed E-state index contributed by atoms with van der Waals surface area (Å²) in [5.41, 5.74) is 0.0347. The van der Waals surface area contributed by atoms with Gasteiger partial charge in [0, 0.05) is 19.1 Å². The van der Waals surface area contributed by atoms with Crippen molar-refractivity contribution < 1.29 is 22.8 Å². The molecule has 1 saturated heterocycles. The van der Waals surface area contributed by atoms with Crippen LogP contribution in [0.25, 0.3) is 0 Å². The maximum atomic E-state index is 12.6. The van der Waals surface area contributed by atoms with Crippen molar-refractivity contribution in [2.75, 3.05) is 13.1 Å². The zero-order chi connectivity index (χ0) is 20.9. The van der Waals surface area contributed by atoms with Crippen molar-refractivity contribution in [3.63, 3.8) is 0 Å². The molecule has 3 rings (SSSR count). The molecule has 2 N–H and O–H groups in total. The van der Waals surface area contributed by atoms with Crippen LogP contribution in [0.1, 0.15) is 56.1 Å². The van der Waals surface area contributed by atoms with Crippen LogP contribution in [0.3, 0.4) is 0 Å². The Morgan fingerprint density at radius 3 is 2.34 bits per heavy atom. The summed E-state index contributed by atoms with van der Waals surface area (Å²) in [6.45, 7) is 0.883. The Bertz CT molecular complexity index is 700. The summed E-state index contributed by atoms with van der Waals surface area (Å²) in [5.74, 6) is -0.201. The molecule has 5 nitrogen and oxygen atoms in total. The van der Waals surface area contributed by atoms with Gasteiger partial charge in [-0.3, -0.25) is 4.79 Å². The van der Waals surface area contributed by atoms with Gasteiger partial charge < -0.3 is 15.5 Å². The van der Waals surface area contributed by atoms with Gasteiger partial charge in [0.25, 0.3) is 0 Å². The van der Waals surface area contributed by atoms with Gasteiger partial charge in [0.1, 0.15) is 6.04 Å². The zero-order valence-electron chi connectivity index (χ0n) is 16.4. The lowest BCUT2D eigenvalue weighted by Crippen LogP contribution is -2.52. The van der Waals surface area contributed by atoms with Crippen molar-refractivity contribution in [2.45, 2.75) is 69.6 Å². The van der Waals surface area contributed by atoms with Crippen LogP contribution in [0.15, 0.2) is 24.3 Å². The van der Waals surface area contributed by atoms with Crippen LogP contribution >= 0.6 is 0 Å². The third-order valence-corrected chi connectivity index (χ3v) is 5.74. The number of halogens is 3. The van der Waals surface area contributed by atoms with Crippen LogP contribution < -0.4 is 10.6 Å². The first kappa shape index (κ1) is 21.5. The SMILES string of the molecule is O=C(NCCc1ccc(C(F)(F)F)cc1)C1CCCN1C(=O)NC1CCCCC1. The number of carbonyl (C=O) groups excluding carboxylic acids is 2. The second-order valence-corrected chi connectivity index (χ2v) is 7.87. The number of benzene rings is 1. The third kappa shape index (κ3) is 5.87. The molecule has 1 aliphatic heterocycles. The van der Waals surface area contributed by atoms with Crippen molar-refractivity contribution in [3.8, 4) is 0 Å². The zero-order valence-corrected chi connectivity index (χ0v) is 16.4. The second kappa shape index (κ2) is 9.50. The van der Waals surface area contributed by atoms with E-state index in [1.165, 1.54) is 18.6 Å². The Hall–Kier alpha value is -2.25. The molecule has 160 valence electrons. The number of nitrogens with one attached hydrogen (secondary N) is 2. The first-order chi connectivity index (χ1) is 13.8. The Morgan fingerprint density at radius 2 is 1.69 bits per heavy atom. The Balaban J connectivity index is 1.46. The van der Waals surface area contributed by atoms with E-state index in [-0.39, 0.29) is 18.0 Å². The average Bonchev–Trinajstić information content (AvgIpc) is 3.18. The smallest absolute Gasteiger partial charge is 0.354 e. The molecule has 1 saturated carbocycles. The number of likely N-dealkylation sites (tertiary alicyclic amines) is 1. The Morgan fingerprint density at radius 1 is 1.00 bits per heavy atom. The summed E-state index contributed by atoms with van der Waals surface area (Å²) < 4.78 is 37.8. The molecule has 2 fully saturated rings. The number of hydrogen-bond donors (Lipinski definition) is 2. The molecule has 1 heterocycles. The Labute approximate surface area is 169 Å². The van der Waals surface area contributed by atoms with E-state index in [1.807, 2.05) is 0 Å². The summed E-state index contributed by atoms with van der Waals surface area (Å²) in [6, 6.07) is 4.49. The van der Waals surface area contributed by atoms with Gasteiger partial charge in [0.05, 0.1) is 5.56 Å². The highest BCUT2D eigenvalue weighted by Crippen LogP contribution is 2.29. The molecule has 1 aromatic rings. The fourth-order valence-corrected chi connectivity index (χ4v) is 4.10. The van der Waals surface area contributed by atoms with Crippen molar-refractivity contribution in [2.24, 2.45) is 0 Å². The molecule has 2 aliphatic rings. The number of amides is 3. The topological polar surface area (TPSA) is 61.4 Å². The van der Waals surface area contributed by atoms with Gasteiger partial charge in [-0.05, 0) is 49.8 Å². The first-order valence-corrected chi connectivity index (χ1v) is 10.4. The number of urea groups is 1. The molecule has 1 unspecified atom stereocenters. The molecule has 0 radical (unpaired) electrons. The van der Waals surface area contributed by atoms with E-state index in [0.29, 0.717) is 25.9 Å². The largest absolute Gasteiger partial charge is 0.416 e. The van der Waals surface area contributed by atoms with Crippen molar-refractivity contribution in [3.05, 3.63) is 35.4 Å². The van der Waals surface area contributed by atoms with Gasteiger partial charge in [0.2, 0.25) is 5.91 Å². The van der Waals surface area contributed by atoms with E-state index in [0.717, 1.165) is 49.8 Å². The Kier molecular flexibility index (Phi) is 7.03. The van der Waals surface area contributed by atoms with E-state index in [1.54, 1.807) is 4.90 Å². The number of alkyl halides is 3. The van der Waals surface area contributed by atoms with Crippen LogP contribution in [-0.4, -0.2) is 42.0 Å². The fourth-order valence-electron chi connectivity index (χ4n) is 4.10. The van der Waals surface area contributed by atoms with Gasteiger partial charge in [-0.2, -0.15) is 13.2 Å². The van der Waals surface area contributed by atoms with E-state index in [2.05, 4.69) is 10.6 Å². The number of rotatable bonds is 5. The third-order valence-electron chi connectivity index (χ3n) is 5.74. The van der Waals surface area contributed by atoms with Crippen LogP contribution in [0, 0.1) is 0 Å². The summed E-state index contributed by atoms with van der Waals surface area (Å²) in [7, 11) is 0.